The Labute approximate surface area is 135 Å². The van der Waals surface area contributed by atoms with E-state index in [2.05, 4.69) is 6.58 Å². The third-order valence-corrected chi connectivity index (χ3v) is 2.71. The number of hydrogen-bond donors (Lipinski definition) is 0. The van der Waals surface area contributed by atoms with Crippen molar-refractivity contribution in [3.05, 3.63) is 54.1 Å². The Kier molecular flexibility index (Phi) is 7.47. The van der Waals surface area contributed by atoms with Crippen LogP contribution in [0.15, 0.2) is 48.6 Å². The summed E-state index contributed by atoms with van der Waals surface area (Å²) >= 11 is 0. The predicted molar refractivity (Wildman–Crippen MR) is 86.4 cm³/mol. The number of esters is 2. The second kappa shape index (κ2) is 9.35. The van der Waals surface area contributed by atoms with Gasteiger partial charge in [0.2, 0.25) is 0 Å². The lowest BCUT2D eigenvalue weighted by Gasteiger charge is -2.14. The standard InChI is InChI=1S/C18H20O5/c1-13(2)18(21)22-12-16(23-17(20)11-14(3)19)10-9-15-7-5-4-6-8-15/h4-10,16H,1,11-12H2,2-3H3. The van der Waals surface area contributed by atoms with Crippen LogP contribution in [0.4, 0.5) is 0 Å². The summed E-state index contributed by atoms with van der Waals surface area (Å²) in [6.07, 6.45) is 2.27. The van der Waals surface area contributed by atoms with Crippen LogP contribution in [0.2, 0.25) is 0 Å². The second-order valence-corrected chi connectivity index (χ2v) is 5.06. The van der Waals surface area contributed by atoms with Crippen molar-refractivity contribution in [2.75, 3.05) is 6.61 Å². The van der Waals surface area contributed by atoms with Crippen LogP contribution in [0, 0.1) is 0 Å². The molecule has 1 rings (SSSR count). The maximum Gasteiger partial charge on any atom is 0.333 e. The Morgan fingerprint density at radius 3 is 2.39 bits per heavy atom. The van der Waals surface area contributed by atoms with Crippen LogP contribution in [0.3, 0.4) is 0 Å². The zero-order chi connectivity index (χ0) is 17.2. The van der Waals surface area contributed by atoms with Crippen molar-refractivity contribution in [2.24, 2.45) is 0 Å². The first kappa shape index (κ1) is 18.4. The number of carbonyl (C=O) groups excluding carboxylic acids is 3. The first-order valence-electron chi connectivity index (χ1n) is 7.13. The van der Waals surface area contributed by atoms with E-state index < -0.39 is 18.0 Å². The fraction of sp³-hybridized carbons (Fsp3) is 0.278. The molecule has 5 heteroatoms. The predicted octanol–water partition coefficient (Wildman–Crippen LogP) is 2.71. The normalized spacial score (nSPS) is 11.7. The summed E-state index contributed by atoms with van der Waals surface area (Å²) in [5.41, 5.74) is 1.16. The minimum absolute atomic E-state index is 0.140. The van der Waals surface area contributed by atoms with Crippen molar-refractivity contribution < 1.29 is 23.9 Å². The third kappa shape index (κ3) is 7.76. The van der Waals surface area contributed by atoms with Crippen LogP contribution in [0.25, 0.3) is 6.08 Å². The highest BCUT2D eigenvalue weighted by molar-refractivity contribution is 5.94. The van der Waals surface area contributed by atoms with Gasteiger partial charge in [-0.05, 0) is 25.5 Å². The van der Waals surface area contributed by atoms with E-state index in [0.29, 0.717) is 0 Å². The topological polar surface area (TPSA) is 69.7 Å². The number of benzene rings is 1. The average molecular weight is 316 g/mol. The zero-order valence-corrected chi connectivity index (χ0v) is 13.3. The minimum Gasteiger partial charge on any atom is -0.458 e. The van der Waals surface area contributed by atoms with Crippen molar-refractivity contribution in [3.63, 3.8) is 0 Å². The molecular formula is C18H20O5. The van der Waals surface area contributed by atoms with Gasteiger partial charge in [0.15, 0.2) is 6.10 Å². The molecule has 0 bridgehead atoms. The highest BCUT2D eigenvalue weighted by atomic mass is 16.6. The molecule has 23 heavy (non-hydrogen) atoms. The first-order chi connectivity index (χ1) is 10.9. The van der Waals surface area contributed by atoms with Crippen LogP contribution in [-0.2, 0) is 23.9 Å². The summed E-state index contributed by atoms with van der Waals surface area (Å²) in [6.45, 7) is 6.17. The van der Waals surface area contributed by atoms with E-state index in [1.54, 1.807) is 12.2 Å². The molecule has 1 aromatic rings. The van der Waals surface area contributed by atoms with Crippen molar-refractivity contribution in [1.29, 1.82) is 0 Å². The Hall–Kier alpha value is -2.69. The summed E-state index contributed by atoms with van der Waals surface area (Å²) in [5.74, 6) is -1.52. The molecule has 0 aromatic heterocycles. The van der Waals surface area contributed by atoms with E-state index in [-0.39, 0.29) is 24.4 Å². The molecule has 0 aliphatic carbocycles. The molecule has 0 heterocycles. The van der Waals surface area contributed by atoms with Crippen LogP contribution in [0.5, 0.6) is 0 Å². The maximum absolute atomic E-state index is 11.6. The van der Waals surface area contributed by atoms with Crippen LogP contribution in [0.1, 0.15) is 25.8 Å². The summed E-state index contributed by atoms with van der Waals surface area (Å²) < 4.78 is 10.2. The molecule has 0 N–H and O–H groups in total. The number of hydrogen-bond acceptors (Lipinski definition) is 5. The summed E-state index contributed by atoms with van der Waals surface area (Å²) in [4.78, 5) is 34.0. The lowest BCUT2D eigenvalue weighted by atomic mass is 10.2. The molecule has 1 unspecified atom stereocenters. The van der Waals surface area contributed by atoms with Gasteiger partial charge in [0.05, 0.1) is 0 Å². The van der Waals surface area contributed by atoms with Gasteiger partial charge < -0.3 is 9.47 Å². The molecule has 0 radical (unpaired) electrons. The van der Waals surface area contributed by atoms with Gasteiger partial charge in [0.1, 0.15) is 18.8 Å². The van der Waals surface area contributed by atoms with Crippen molar-refractivity contribution >= 4 is 23.8 Å². The summed E-state index contributed by atoms with van der Waals surface area (Å²) in [5, 5.41) is 0. The molecule has 122 valence electrons. The third-order valence-electron chi connectivity index (χ3n) is 2.71. The number of Topliss-reactive ketones (excluding diaryl/α,β-unsaturated/α-hetero) is 1. The summed E-state index contributed by atoms with van der Waals surface area (Å²) in [6, 6.07) is 9.39. The van der Waals surface area contributed by atoms with Gasteiger partial charge in [-0.1, -0.05) is 43.0 Å². The Balaban J connectivity index is 2.72. The average Bonchev–Trinajstić information content (AvgIpc) is 2.49. The van der Waals surface area contributed by atoms with E-state index in [1.807, 2.05) is 30.3 Å². The molecule has 1 aromatic carbocycles. The van der Waals surface area contributed by atoms with Gasteiger partial charge in [-0.15, -0.1) is 0 Å². The first-order valence-corrected chi connectivity index (χ1v) is 7.13. The molecule has 0 saturated carbocycles. The largest absolute Gasteiger partial charge is 0.458 e. The van der Waals surface area contributed by atoms with E-state index >= 15 is 0 Å². The fourth-order valence-corrected chi connectivity index (χ4v) is 1.61. The van der Waals surface area contributed by atoms with Gasteiger partial charge in [-0.25, -0.2) is 4.79 Å². The molecule has 0 spiro atoms. The van der Waals surface area contributed by atoms with Gasteiger partial charge in [-0.2, -0.15) is 0 Å². The minimum atomic E-state index is -0.773. The van der Waals surface area contributed by atoms with Crippen LogP contribution in [-0.4, -0.2) is 30.4 Å². The fourth-order valence-electron chi connectivity index (χ4n) is 1.61. The number of rotatable bonds is 8. The molecule has 0 saturated heterocycles. The number of ether oxygens (including phenoxy) is 2. The molecular weight excluding hydrogens is 296 g/mol. The quantitative estimate of drug-likeness (QED) is 0.419. The monoisotopic (exact) mass is 316 g/mol. The lowest BCUT2D eigenvalue weighted by Crippen LogP contribution is -2.24. The lowest BCUT2D eigenvalue weighted by molar-refractivity contribution is -0.155. The van der Waals surface area contributed by atoms with Crippen molar-refractivity contribution in [2.45, 2.75) is 26.4 Å². The van der Waals surface area contributed by atoms with Crippen LogP contribution >= 0.6 is 0 Å². The Bertz CT molecular complexity index is 601. The van der Waals surface area contributed by atoms with E-state index in [1.165, 1.54) is 13.8 Å². The van der Waals surface area contributed by atoms with E-state index in [0.717, 1.165) is 5.56 Å². The highest BCUT2D eigenvalue weighted by Crippen LogP contribution is 2.07. The number of carbonyl (C=O) groups is 3. The van der Waals surface area contributed by atoms with Gasteiger partial charge in [0.25, 0.3) is 0 Å². The van der Waals surface area contributed by atoms with Crippen LogP contribution < -0.4 is 0 Å². The molecule has 1 atom stereocenters. The van der Waals surface area contributed by atoms with Crippen molar-refractivity contribution in [1.82, 2.24) is 0 Å². The van der Waals surface area contributed by atoms with E-state index in [4.69, 9.17) is 9.47 Å². The smallest absolute Gasteiger partial charge is 0.333 e. The SMILES string of the molecule is C=C(C)C(=O)OCC(C=Cc1ccccc1)OC(=O)CC(C)=O. The van der Waals surface area contributed by atoms with E-state index in [9.17, 15) is 14.4 Å². The summed E-state index contributed by atoms with van der Waals surface area (Å²) in [7, 11) is 0. The zero-order valence-electron chi connectivity index (χ0n) is 13.3. The molecule has 0 aliphatic heterocycles. The van der Waals surface area contributed by atoms with Gasteiger partial charge in [-0.3, -0.25) is 9.59 Å². The highest BCUT2D eigenvalue weighted by Gasteiger charge is 2.16. The van der Waals surface area contributed by atoms with Gasteiger partial charge >= 0.3 is 11.9 Å². The second-order valence-electron chi connectivity index (χ2n) is 5.06. The maximum atomic E-state index is 11.6. The molecule has 0 fully saturated rings. The molecule has 0 aliphatic rings. The van der Waals surface area contributed by atoms with Gasteiger partial charge in [0, 0.05) is 5.57 Å². The van der Waals surface area contributed by atoms with Crippen molar-refractivity contribution in [3.8, 4) is 0 Å². The number of ketones is 1. The Morgan fingerprint density at radius 2 is 1.83 bits per heavy atom. The molecule has 0 amide bonds. The molecule has 5 nitrogen and oxygen atoms in total. The Morgan fingerprint density at radius 1 is 1.17 bits per heavy atom.